The average molecular weight is 384 g/mol. The van der Waals surface area contributed by atoms with Crippen molar-refractivity contribution in [2.75, 3.05) is 36.0 Å². The maximum atomic E-state index is 12.1. The van der Waals surface area contributed by atoms with E-state index in [4.69, 9.17) is 0 Å². The Hall–Kier alpha value is -2.47. The molecule has 5 nitrogen and oxygen atoms in total. The molecule has 2 N–H and O–H groups in total. The number of rotatable bonds is 6. The standard InChI is InChI=1S/C21H25N3O2S/c1-16-4-2-3-5-19(16)21(26)23-15-20(25)22-14-17-6-8-18(9-7-17)24-10-12-27-13-11-24/h2-9H,10-15H2,1H3,(H,22,25)(H,23,26). The second-order valence-corrected chi connectivity index (χ2v) is 7.76. The third kappa shape index (κ3) is 5.50. The second-order valence-electron chi connectivity index (χ2n) is 6.54. The predicted octanol–water partition coefficient (Wildman–Crippen LogP) is 2.59. The smallest absolute Gasteiger partial charge is 0.251 e. The molecule has 0 bridgehead atoms. The van der Waals surface area contributed by atoms with E-state index in [1.54, 1.807) is 6.07 Å². The van der Waals surface area contributed by atoms with Crippen LogP contribution in [0.3, 0.4) is 0 Å². The fourth-order valence-electron chi connectivity index (χ4n) is 2.99. The molecule has 0 atom stereocenters. The summed E-state index contributed by atoms with van der Waals surface area (Å²) in [4.78, 5) is 26.5. The first-order valence-electron chi connectivity index (χ1n) is 9.15. The van der Waals surface area contributed by atoms with Gasteiger partial charge in [0.25, 0.3) is 5.91 Å². The highest BCUT2D eigenvalue weighted by Crippen LogP contribution is 2.19. The van der Waals surface area contributed by atoms with Gasteiger partial charge in [-0.05, 0) is 36.2 Å². The quantitative estimate of drug-likeness (QED) is 0.805. The molecule has 0 aromatic heterocycles. The van der Waals surface area contributed by atoms with Gasteiger partial charge in [0, 0.05) is 42.4 Å². The molecule has 0 spiro atoms. The number of nitrogens with zero attached hydrogens (tertiary/aromatic N) is 1. The molecule has 6 heteroatoms. The Morgan fingerprint density at radius 1 is 1.00 bits per heavy atom. The highest BCUT2D eigenvalue weighted by atomic mass is 32.2. The molecule has 2 amide bonds. The van der Waals surface area contributed by atoms with Crippen LogP contribution in [0.25, 0.3) is 0 Å². The molecule has 27 heavy (non-hydrogen) atoms. The van der Waals surface area contributed by atoms with Gasteiger partial charge in [-0.3, -0.25) is 9.59 Å². The zero-order chi connectivity index (χ0) is 19.1. The summed E-state index contributed by atoms with van der Waals surface area (Å²) in [6.45, 7) is 4.47. The van der Waals surface area contributed by atoms with E-state index >= 15 is 0 Å². The molecule has 0 radical (unpaired) electrons. The molecular formula is C21H25N3O2S. The number of nitrogens with one attached hydrogen (secondary N) is 2. The van der Waals surface area contributed by atoms with Crippen molar-refractivity contribution in [1.82, 2.24) is 10.6 Å². The molecule has 1 aliphatic heterocycles. The lowest BCUT2D eigenvalue weighted by molar-refractivity contribution is -0.120. The molecule has 1 heterocycles. The van der Waals surface area contributed by atoms with Crippen molar-refractivity contribution in [1.29, 1.82) is 0 Å². The molecule has 2 aromatic carbocycles. The molecule has 1 aliphatic rings. The zero-order valence-corrected chi connectivity index (χ0v) is 16.3. The third-order valence-electron chi connectivity index (χ3n) is 4.60. The lowest BCUT2D eigenvalue weighted by atomic mass is 10.1. The van der Waals surface area contributed by atoms with Crippen LogP contribution in [0.15, 0.2) is 48.5 Å². The molecule has 0 unspecified atom stereocenters. The van der Waals surface area contributed by atoms with Crippen molar-refractivity contribution >= 4 is 29.3 Å². The molecule has 1 fully saturated rings. The van der Waals surface area contributed by atoms with E-state index in [0.29, 0.717) is 12.1 Å². The fourth-order valence-corrected chi connectivity index (χ4v) is 3.90. The first-order valence-corrected chi connectivity index (χ1v) is 10.3. The summed E-state index contributed by atoms with van der Waals surface area (Å²) < 4.78 is 0. The van der Waals surface area contributed by atoms with Gasteiger partial charge in [0.2, 0.25) is 5.91 Å². The van der Waals surface area contributed by atoms with E-state index in [9.17, 15) is 9.59 Å². The van der Waals surface area contributed by atoms with Crippen LogP contribution in [0.4, 0.5) is 5.69 Å². The van der Waals surface area contributed by atoms with Crippen molar-refractivity contribution in [3.8, 4) is 0 Å². The molecular weight excluding hydrogens is 358 g/mol. The van der Waals surface area contributed by atoms with Crippen LogP contribution in [-0.4, -0.2) is 43.0 Å². The predicted molar refractivity (Wildman–Crippen MR) is 111 cm³/mol. The first kappa shape index (κ1) is 19.3. The number of thioether (sulfide) groups is 1. The number of carbonyl (C=O) groups excluding carboxylic acids is 2. The minimum Gasteiger partial charge on any atom is -0.370 e. The summed E-state index contributed by atoms with van der Waals surface area (Å²) in [5.41, 5.74) is 3.76. The van der Waals surface area contributed by atoms with Crippen LogP contribution >= 0.6 is 11.8 Å². The van der Waals surface area contributed by atoms with E-state index in [0.717, 1.165) is 24.2 Å². The summed E-state index contributed by atoms with van der Waals surface area (Å²) in [5.74, 6) is 1.92. The first-order chi connectivity index (χ1) is 13.1. The summed E-state index contributed by atoms with van der Waals surface area (Å²) in [6.07, 6.45) is 0. The van der Waals surface area contributed by atoms with Crippen LogP contribution in [0.5, 0.6) is 0 Å². The monoisotopic (exact) mass is 383 g/mol. The highest BCUT2D eigenvalue weighted by Gasteiger charge is 2.12. The van der Waals surface area contributed by atoms with Crippen molar-refractivity contribution < 1.29 is 9.59 Å². The molecule has 3 rings (SSSR count). The summed E-state index contributed by atoms with van der Waals surface area (Å²) in [6, 6.07) is 15.6. The molecule has 1 saturated heterocycles. The zero-order valence-electron chi connectivity index (χ0n) is 15.5. The van der Waals surface area contributed by atoms with E-state index in [2.05, 4.69) is 27.7 Å². The molecule has 142 valence electrons. The lowest BCUT2D eigenvalue weighted by Crippen LogP contribution is -2.36. The maximum absolute atomic E-state index is 12.1. The number of aryl methyl sites for hydroxylation is 1. The van der Waals surface area contributed by atoms with Gasteiger partial charge in [-0.25, -0.2) is 0 Å². The number of benzene rings is 2. The van der Waals surface area contributed by atoms with Crippen LogP contribution in [0.1, 0.15) is 21.5 Å². The Balaban J connectivity index is 1.43. The maximum Gasteiger partial charge on any atom is 0.251 e. The van der Waals surface area contributed by atoms with Gasteiger partial charge in [-0.2, -0.15) is 11.8 Å². The average Bonchev–Trinajstić information content (AvgIpc) is 2.72. The summed E-state index contributed by atoms with van der Waals surface area (Å²) in [5, 5.41) is 5.52. The Labute approximate surface area is 164 Å². The van der Waals surface area contributed by atoms with E-state index < -0.39 is 0 Å². The summed E-state index contributed by atoms with van der Waals surface area (Å²) in [7, 11) is 0. The van der Waals surface area contributed by atoms with Gasteiger partial charge in [0.1, 0.15) is 0 Å². The summed E-state index contributed by atoms with van der Waals surface area (Å²) >= 11 is 1.99. The highest BCUT2D eigenvalue weighted by molar-refractivity contribution is 7.99. The minimum absolute atomic E-state index is 0.0311. The van der Waals surface area contributed by atoms with Crippen LogP contribution in [0.2, 0.25) is 0 Å². The number of hydrogen-bond donors (Lipinski definition) is 2. The fraction of sp³-hybridized carbons (Fsp3) is 0.333. The van der Waals surface area contributed by atoms with Crippen molar-refractivity contribution in [2.45, 2.75) is 13.5 Å². The molecule has 0 aliphatic carbocycles. The van der Waals surface area contributed by atoms with Crippen LogP contribution < -0.4 is 15.5 Å². The number of carbonyl (C=O) groups is 2. The number of hydrogen-bond acceptors (Lipinski definition) is 4. The molecule has 2 aromatic rings. The second kappa shape index (κ2) is 9.46. The van der Waals surface area contributed by atoms with Crippen molar-refractivity contribution in [3.05, 3.63) is 65.2 Å². The largest absolute Gasteiger partial charge is 0.370 e. The van der Waals surface area contributed by atoms with Crippen LogP contribution in [0, 0.1) is 6.92 Å². The number of amides is 2. The Kier molecular flexibility index (Phi) is 6.76. The Bertz CT molecular complexity index is 786. The topological polar surface area (TPSA) is 61.4 Å². The van der Waals surface area contributed by atoms with E-state index in [1.165, 1.54) is 17.2 Å². The van der Waals surface area contributed by atoms with Gasteiger partial charge >= 0.3 is 0 Å². The van der Waals surface area contributed by atoms with Crippen molar-refractivity contribution in [2.24, 2.45) is 0 Å². The molecule has 0 saturated carbocycles. The van der Waals surface area contributed by atoms with Gasteiger partial charge in [0.15, 0.2) is 0 Å². The van der Waals surface area contributed by atoms with Gasteiger partial charge in [-0.1, -0.05) is 30.3 Å². The van der Waals surface area contributed by atoms with Crippen LogP contribution in [-0.2, 0) is 11.3 Å². The Morgan fingerprint density at radius 3 is 2.41 bits per heavy atom. The van der Waals surface area contributed by atoms with Crippen molar-refractivity contribution in [3.63, 3.8) is 0 Å². The normalized spacial score (nSPS) is 13.9. The van der Waals surface area contributed by atoms with E-state index in [1.807, 2.05) is 49.0 Å². The van der Waals surface area contributed by atoms with Gasteiger partial charge in [-0.15, -0.1) is 0 Å². The van der Waals surface area contributed by atoms with Gasteiger partial charge in [0.05, 0.1) is 6.54 Å². The van der Waals surface area contributed by atoms with E-state index in [-0.39, 0.29) is 18.4 Å². The SMILES string of the molecule is Cc1ccccc1C(=O)NCC(=O)NCc1ccc(N2CCSCC2)cc1. The lowest BCUT2D eigenvalue weighted by Gasteiger charge is -2.28. The number of anilines is 1. The Morgan fingerprint density at radius 2 is 1.70 bits per heavy atom. The third-order valence-corrected chi connectivity index (χ3v) is 5.54. The minimum atomic E-state index is -0.229. The van der Waals surface area contributed by atoms with Gasteiger partial charge < -0.3 is 15.5 Å².